The molecule has 0 bridgehead atoms. The third-order valence-corrected chi connectivity index (χ3v) is 7.05. The number of benzene rings is 1. The number of aryl methyl sites for hydroxylation is 1. The number of pyridine rings is 1. The largest absolute Gasteiger partial charge is 0.391 e. The Morgan fingerprint density at radius 1 is 1.06 bits per heavy atom. The molecule has 0 amide bonds. The van der Waals surface area contributed by atoms with Crippen LogP contribution in [0.4, 0.5) is 14.5 Å². The number of anilines is 1. The van der Waals surface area contributed by atoms with E-state index in [-0.39, 0.29) is 29.2 Å². The van der Waals surface area contributed by atoms with Crippen molar-refractivity contribution >= 4 is 16.6 Å². The van der Waals surface area contributed by atoms with E-state index in [1.807, 2.05) is 0 Å². The third kappa shape index (κ3) is 3.64. The lowest BCUT2D eigenvalue weighted by molar-refractivity contribution is 0.148. The highest BCUT2D eigenvalue weighted by Crippen LogP contribution is 2.42. The predicted molar refractivity (Wildman–Crippen MR) is 117 cm³/mol. The number of aliphatic hydroxyl groups is 1. The maximum absolute atomic E-state index is 15.7. The molecule has 1 aliphatic carbocycles. The molecule has 1 N–H and O–H groups in total. The van der Waals surface area contributed by atoms with Gasteiger partial charge in [-0.25, -0.2) is 8.78 Å². The second-order valence-corrected chi connectivity index (χ2v) is 9.40. The SMILES string of the molecule is Cc1c(N2CC[C@H](O)C2)c(F)c(F)c2c(CN3CCN(C)CC3)cc(=O)n(C3CC3)c12. The molecule has 1 saturated carbocycles. The van der Waals surface area contributed by atoms with Crippen LogP contribution in [0, 0.1) is 18.6 Å². The van der Waals surface area contributed by atoms with Gasteiger partial charge in [0.05, 0.1) is 17.3 Å². The van der Waals surface area contributed by atoms with Crippen LogP contribution in [0.25, 0.3) is 10.9 Å². The molecule has 6 nitrogen and oxygen atoms in total. The van der Waals surface area contributed by atoms with Gasteiger partial charge in [0.25, 0.3) is 5.56 Å². The molecule has 1 aromatic heterocycles. The van der Waals surface area contributed by atoms with E-state index in [2.05, 4.69) is 16.8 Å². The summed E-state index contributed by atoms with van der Waals surface area (Å²) >= 11 is 0. The van der Waals surface area contributed by atoms with Crippen LogP contribution in [0.3, 0.4) is 0 Å². The molecule has 2 saturated heterocycles. The average Bonchev–Trinajstić information content (AvgIpc) is 3.48. The molecule has 2 aromatic rings. The Morgan fingerprint density at radius 2 is 1.77 bits per heavy atom. The fraction of sp³-hybridized carbons (Fsp3) is 0.609. The van der Waals surface area contributed by atoms with Crippen molar-refractivity contribution in [1.29, 1.82) is 0 Å². The molecule has 31 heavy (non-hydrogen) atoms. The zero-order valence-corrected chi connectivity index (χ0v) is 18.2. The fourth-order valence-electron chi connectivity index (χ4n) is 5.16. The molecule has 5 rings (SSSR count). The lowest BCUT2D eigenvalue weighted by atomic mass is 10.0. The van der Waals surface area contributed by atoms with Crippen LogP contribution in [-0.4, -0.2) is 71.9 Å². The van der Waals surface area contributed by atoms with Gasteiger partial charge in [-0.1, -0.05) is 0 Å². The molecule has 1 atom stereocenters. The monoisotopic (exact) mass is 432 g/mol. The quantitative estimate of drug-likeness (QED) is 0.803. The first-order chi connectivity index (χ1) is 14.8. The van der Waals surface area contributed by atoms with E-state index in [1.165, 1.54) is 6.07 Å². The fourth-order valence-corrected chi connectivity index (χ4v) is 5.16. The van der Waals surface area contributed by atoms with Crippen LogP contribution in [0.15, 0.2) is 10.9 Å². The number of hydrogen-bond acceptors (Lipinski definition) is 5. The Labute approximate surface area is 180 Å². The minimum atomic E-state index is -0.879. The van der Waals surface area contributed by atoms with E-state index in [1.54, 1.807) is 16.4 Å². The number of fused-ring (bicyclic) bond motifs is 1. The van der Waals surface area contributed by atoms with Crippen LogP contribution < -0.4 is 10.5 Å². The predicted octanol–water partition coefficient (Wildman–Crippen LogP) is 2.24. The number of likely N-dealkylation sites (N-methyl/N-ethyl adjacent to an activating group) is 1. The lowest BCUT2D eigenvalue weighted by Crippen LogP contribution is -2.44. The van der Waals surface area contributed by atoms with Gasteiger partial charge in [-0.2, -0.15) is 0 Å². The molecule has 0 spiro atoms. The van der Waals surface area contributed by atoms with Crippen LogP contribution in [0.5, 0.6) is 0 Å². The first-order valence-corrected chi connectivity index (χ1v) is 11.2. The van der Waals surface area contributed by atoms with E-state index < -0.39 is 17.7 Å². The number of halogens is 2. The average molecular weight is 433 g/mol. The van der Waals surface area contributed by atoms with Crippen LogP contribution >= 0.6 is 0 Å². The Kier molecular flexibility index (Phi) is 5.27. The van der Waals surface area contributed by atoms with Gasteiger partial charge in [0.1, 0.15) is 0 Å². The first-order valence-electron chi connectivity index (χ1n) is 11.2. The summed E-state index contributed by atoms with van der Waals surface area (Å²) < 4.78 is 32.8. The minimum Gasteiger partial charge on any atom is -0.391 e. The minimum absolute atomic E-state index is 0.0493. The Morgan fingerprint density at radius 3 is 2.39 bits per heavy atom. The molecular formula is C23H30F2N4O2. The van der Waals surface area contributed by atoms with Crippen molar-refractivity contribution in [3.8, 4) is 0 Å². The summed E-state index contributed by atoms with van der Waals surface area (Å²) in [5, 5.41) is 10.2. The van der Waals surface area contributed by atoms with Gasteiger partial charge in [-0.05, 0) is 38.8 Å². The Balaban J connectivity index is 1.69. The number of aromatic nitrogens is 1. The number of nitrogens with zero attached hydrogens (tertiary/aromatic N) is 4. The highest BCUT2D eigenvalue weighted by Gasteiger charge is 2.33. The number of piperazine rings is 1. The van der Waals surface area contributed by atoms with Crippen LogP contribution in [0.2, 0.25) is 0 Å². The van der Waals surface area contributed by atoms with Crippen molar-refractivity contribution < 1.29 is 13.9 Å². The summed E-state index contributed by atoms with van der Waals surface area (Å²) in [5.41, 5.74) is 1.73. The van der Waals surface area contributed by atoms with Gasteiger partial charge in [-0.15, -0.1) is 0 Å². The molecule has 1 aromatic carbocycles. The molecule has 168 valence electrons. The van der Waals surface area contributed by atoms with E-state index in [9.17, 15) is 9.90 Å². The lowest BCUT2D eigenvalue weighted by Gasteiger charge is -2.33. The van der Waals surface area contributed by atoms with Gasteiger partial charge in [-0.3, -0.25) is 9.69 Å². The Hall–Kier alpha value is -2.03. The van der Waals surface area contributed by atoms with Crippen molar-refractivity contribution in [1.82, 2.24) is 14.4 Å². The van der Waals surface area contributed by atoms with Crippen molar-refractivity contribution in [3.05, 3.63) is 39.2 Å². The van der Waals surface area contributed by atoms with Crippen LogP contribution in [0.1, 0.15) is 36.4 Å². The molecule has 3 aliphatic rings. The van der Waals surface area contributed by atoms with Gasteiger partial charge in [0.15, 0.2) is 11.6 Å². The summed E-state index contributed by atoms with van der Waals surface area (Å²) in [6, 6.07) is 1.56. The van der Waals surface area contributed by atoms with E-state index >= 15 is 8.78 Å². The van der Waals surface area contributed by atoms with Crippen molar-refractivity contribution in [2.45, 2.75) is 44.9 Å². The summed E-state index contributed by atoms with van der Waals surface area (Å²) in [7, 11) is 2.07. The highest BCUT2D eigenvalue weighted by molar-refractivity contribution is 5.91. The molecule has 2 aliphatic heterocycles. The summed E-state index contributed by atoms with van der Waals surface area (Å²) in [5.74, 6) is -1.75. The maximum Gasteiger partial charge on any atom is 0.251 e. The van der Waals surface area contributed by atoms with Gasteiger partial charge < -0.3 is 19.5 Å². The number of β-amino-alcohol motifs (C(OH)–C–C–N with tert-alkyl or cyclic N) is 1. The highest BCUT2D eigenvalue weighted by atomic mass is 19.2. The zero-order valence-electron chi connectivity index (χ0n) is 18.2. The van der Waals surface area contributed by atoms with Crippen molar-refractivity contribution in [2.24, 2.45) is 0 Å². The Bertz CT molecular complexity index is 1070. The van der Waals surface area contributed by atoms with Gasteiger partial charge >= 0.3 is 0 Å². The van der Waals surface area contributed by atoms with Gasteiger partial charge in [0, 0.05) is 68.9 Å². The molecule has 8 heteroatoms. The number of aliphatic hydroxyl groups excluding tert-OH is 1. The van der Waals surface area contributed by atoms with E-state index in [4.69, 9.17) is 0 Å². The number of rotatable bonds is 4. The standard InChI is InChI=1S/C23H30F2N4O2/c1-14-22-19(20(24)21(25)23(14)28-6-5-17(30)13-28)15(11-18(31)29(22)16-3-4-16)12-27-9-7-26(2)8-10-27/h11,16-17,30H,3-10,12-13H2,1-2H3/t17-/m0/s1. The molecular weight excluding hydrogens is 402 g/mol. The smallest absolute Gasteiger partial charge is 0.251 e. The summed E-state index contributed by atoms with van der Waals surface area (Å²) in [6.07, 6.45) is 1.73. The summed E-state index contributed by atoms with van der Waals surface area (Å²) in [4.78, 5) is 19.3. The molecule has 3 heterocycles. The normalized spacial score (nSPS) is 23.3. The maximum atomic E-state index is 15.7. The van der Waals surface area contributed by atoms with E-state index in [0.717, 1.165) is 39.0 Å². The zero-order chi connectivity index (χ0) is 21.9. The molecule has 0 radical (unpaired) electrons. The van der Waals surface area contributed by atoms with Crippen LogP contribution in [-0.2, 0) is 6.54 Å². The van der Waals surface area contributed by atoms with E-state index in [0.29, 0.717) is 36.2 Å². The van der Waals surface area contributed by atoms with Crippen molar-refractivity contribution in [2.75, 3.05) is 51.2 Å². The number of hydrogen-bond donors (Lipinski definition) is 1. The van der Waals surface area contributed by atoms with Crippen molar-refractivity contribution in [3.63, 3.8) is 0 Å². The molecule has 0 unspecified atom stereocenters. The molecule has 3 fully saturated rings. The third-order valence-electron chi connectivity index (χ3n) is 7.05. The van der Waals surface area contributed by atoms with Gasteiger partial charge in [0.2, 0.25) is 0 Å². The summed E-state index contributed by atoms with van der Waals surface area (Å²) in [6.45, 7) is 6.44. The second-order valence-electron chi connectivity index (χ2n) is 9.40. The first kappa shape index (κ1) is 20.8. The topological polar surface area (TPSA) is 52.0 Å². The second kappa shape index (κ2) is 7.83.